The van der Waals surface area contributed by atoms with E-state index in [0.717, 1.165) is 54.4 Å². The first-order chi connectivity index (χ1) is 16.9. The topological polar surface area (TPSA) is 90.3 Å². The fourth-order valence-corrected chi connectivity index (χ4v) is 4.38. The maximum absolute atomic E-state index is 13.6. The zero-order valence-corrected chi connectivity index (χ0v) is 19.1. The molecule has 0 amide bonds. The highest BCUT2D eigenvalue weighted by Crippen LogP contribution is 2.34. The molecular weight excluding hydrogens is 454 g/mol. The number of aromatic nitrogens is 2. The number of nitro groups is 1. The maximum atomic E-state index is 13.6. The van der Waals surface area contributed by atoms with Crippen molar-refractivity contribution in [1.82, 2.24) is 15.1 Å². The third-order valence-corrected chi connectivity index (χ3v) is 6.26. The molecule has 0 atom stereocenters. The Morgan fingerprint density at radius 3 is 2.46 bits per heavy atom. The van der Waals surface area contributed by atoms with E-state index in [1.54, 1.807) is 12.1 Å². The molecular formula is C25H24F2N6O2. The molecule has 4 aromatic rings. The van der Waals surface area contributed by atoms with Gasteiger partial charge in [-0.3, -0.25) is 15.2 Å². The molecule has 1 fully saturated rings. The number of nitrogens with one attached hydrogen (secondary N) is 2. The number of likely N-dealkylation sites (N-methyl/N-ethyl adjacent to an activating group) is 1. The minimum absolute atomic E-state index is 0.0380. The average Bonchev–Trinajstić information content (AvgIpc) is 3.21. The van der Waals surface area contributed by atoms with Crippen LogP contribution in [0, 0.1) is 21.7 Å². The summed E-state index contributed by atoms with van der Waals surface area (Å²) >= 11 is 0. The molecule has 0 radical (unpaired) electrons. The van der Waals surface area contributed by atoms with Crippen LogP contribution < -0.4 is 10.2 Å². The van der Waals surface area contributed by atoms with Crippen molar-refractivity contribution < 1.29 is 13.7 Å². The molecule has 1 saturated heterocycles. The molecule has 2 heterocycles. The molecule has 0 bridgehead atoms. The van der Waals surface area contributed by atoms with Gasteiger partial charge >= 0.3 is 0 Å². The van der Waals surface area contributed by atoms with E-state index in [9.17, 15) is 18.9 Å². The fourth-order valence-electron chi connectivity index (χ4n) is 4.38. The van der Waals surface area contributed by atoms with Crippen LogP contribution in [0.2, 0.25) is 0 Å². The number of anilines is 3. The van der Waals surface area contributed by atoms with Crippen molar-refractivity contribution in [2.24, 2.45) is 0 Å². The van der Waals surface area contributed by atoms with Crippen LogP contribution in [0.4, 0.5) is 31.7 Å². The van der Waals surface area contributed by atoms with E-state index in [0.29, 0.717) is 23.5 Å². The number of hydrogen-bond donors (Lipinski definition) is 2. The number of benzene rings is 3. The molecule has 3 aromatic carbocycles. The normalized spacial score (nSPS) is 14.4. The summed E-state index contributed by atoms with van der Waals surface area (Å²) in [6.45, 7) is 3.42. The minimum Gasteiger partial charge on any atom is -0.369 e. The number of hydrogen-bond acceptors (Lipinski definition) is 6. The van der Waals surface area contributed by atoms with Crippen molar-refractivity contribution in [2.45, 2.75) is 6.42 Å². The van der Waals surface area contributed by atoms with Gasteiger partial charge in [-0.1, -0.05) is 6.07 Å². The summed E-state index contributed by atoms with van der Waals surface area (Å²) in [6, 6.07) is 14.1. The van der Waals surface area contributed by atoms with E-state index >= 15 is 0 Å². The summed E-state index contributed by atoms with van der Waals surface area (Å²) in [4.78, 5) is 15.8. The van der Waals surface area contributed by atoms with Gasteiger partial charge in [-0.2, -0.15) is 5.10 Å². The molecule has 5 rings (SSSR count). The van der Waals surface area contributed by atoms with Crippen LogP contribution in [0.1, 0.15) is 11.1 Å². The monoisotopic (exact) mass is 478 g/mol. The van der Waals surface area contributed by atoms with E-state index in [1.165, 1.54) is 12.1 Å². The Bertz CT molecular complexity index is 1380. The van der Waals surface area contributed by atoms with Crippen molar-refractivity contribution in [3.8, 4) is 0 Å². The summed E-state index contributed by atoms with van der Waals surface area (Å²) < 4.78 is 27.2. The van der Waals surface area contributed by atoms with Crippen LogP contribution in [-0.4, -0.2) is 53.2 Å². The van der Waals surface area contributed by atoms with Crippen LogP contribution in [0.3, 0.4) is 0 Å². The standard InChI is InChI=1S/C25H24F2N6O2/c1-31-6-8-32(9-7-31)20-3-5-23(24(15-20)33(34)35)28-25-21-13-16(2-4-22(21)29-30-25)10-17-11-18(26)14-19(27)12-17/h2-5,11-15H,6-10H2,1H3,(H2,28,29,30). The van der Waals surface area contributed by atoms with Gasteiger partial charge in [0.1, 0.15) is 17.3 Å². The van der Waals surface area contributed by atoms with Crippen LogP contribution >= 0.6 is 0 Å². The van der Waals surface area contributed by atoms with Crippen LogP contribution in [-0.2, 0) is 6.42 Å². The van der Waals surface area contributed by atoms with Crippen LogP contribution in [0.25, 0.3) is 10.9 Å². The number of nitro benzene ring substituents is 1. The Labute approximate surface area is 200 Å². The maximum Gasteiger partial charge on any atom is 0.294 e. The lowest BCUT2D eigenvalue weighted by molar-refractivity contribution is -0.383. The summed E-state index contributed by atoms with van der Waals surface area (Å²) in [6.07, 6.45) is 0.328. The zero-order valence-electron chi connectivity index (χ0n) is 19.1. The molecule has 0 aliphatic carbocycles. The third kappa shape index (κ3) is 4.92. The Morgan fingerprint density at radius 1 is 1.00 bits per heavy atom. The van der Waals surface area contributed by atoms with E-state index in [-0.39, 0.29) is 5.69 Å². The summed E-state index contributed by atoms with van der Waals surface area (Å²) in [5, 5.41) is 22.9. The van der Waals surface area contributed by atoms with Crippen LogP contribution in [0.5, 0.6) is 0 Å². The highest BCUT2D eigenvalue weighted by atomic mass is 19.1. The Hall–Kier alpha value is -4.05. The molecule has 1 aliphatic heterocycles. The Kier molecular flexibility index (Phi) is 6.04. The molecule has 35 heavy (non-hydrogen) atoms. The van der Waals surface area contributed by atoms with Gasteiger partial charge in [0.05, 0.1) is 10.4 Å². The SMILES string of the molecule is CN1CCN(c2ccc(Nc3n[nH]c4ccc(Cc5cc(F)cc(F)c5)cc34)c([N+](=O)[O-])c2)CC1. The third-order valence-electron chi connectivity index (χ3n) is 6.26. The quantitative estimate of drug-likeness (QED) is 0.305. The summed E-state index contributed by atoms with van der Waals surface area (Å²) in [7, 11) is 2.06. The smallest absolute Gasteiger partial charge is 0.294 e. The lowest BCUT2D eigenvalue weighted by Gasteiger charge is -2.34. The second kappa shape index (κ2) is 9.30. The van der Waals surface area contributed by atoms with Crippen molar-refractivity contribution in [2.75, 3.05) is 43.4 Å². The summed E-state index contributed by atoms with van der Waals surface area (Å²) in [5.41, 5.74) is 3.18. The van der Waals surface area contributed by atoms with Gasteiger partial charge in [0.2, 0.25) is 0 Å². The van der Waals surface area contributed by atoms with Gasteiger partial charge in [0, 0.05) is 49.4 Å². The summed E-state index contributed by atoms with van der Waals surface area (Å²) in [5.74, 6) is -0.819. The van der Waals surface area contributed by atoms with E-state index in [1.807, 2.05) is 24.3 Å². The largest absolute Gasteiger partial charge is 0.369 e. The highest BCUT2D eigenvalue weighted by Gasteiger charge is 2.21. The first kappa shape index (κ1) is 22.7. The number of H-pyrrole nitrogens is 1. The Balaban J connectivity index is 1.42. The van der Waals surface area contributed by atoms with Gasteiger partial charge < -0.3 is 15.1 Å². The second-order valence-electron chi connectivity index (χ2n) is 8.78. The first-order valence-electron chi connectivity index (χ1n) is 11.3. The number of nitrogens with zero attached hydrogens (tertiary/aromatic N) is 4. The zero-order chi connectivity index (χ0) is 24.5. The first-order valence-corrected chi connectivity index (χ1v) is 11.3. The van der Waals surface area contributed by atoms with Crippen molar-refractivity contribution in [3.05, 3.63) is 87.5 Å². The molecule has 10 heteroatoms. The predicted octanol–water partition coefficient (Wildman–Crippen LogP) is 4.84. The molecule has 0 spiro atoms. The number of aromatic amines is 1. The van der Waals surface area contributed by atoms with Crippen molar-refractivity contribution in [1.29, 1.82) is 0 Å². The van der Waals surface area contributed by atoms with E-state index in [2.05, 4.69) is 32.4 Å². The lowest BCUT2D eigenvalue weighted by atomic mass is 10.0. The molecule has 1 aromatic heterocycles. The second-order valence-corrected chi connectivity index (χ2v) is 8.78. The molecule has 2 N–H and O–H groups in total. The average molecular weight is 479 g/mol. The van der Waals surface area contributed by atoms with E-state index in [4.69, 9.17) is 0 Å². The van der Waals surface area contributed by atoms with Gasteiger partial charge in [0.15, 0.2) is 5.82 Å². The Morgan fingerprint density at radius 2 is 1.74 bits per heavy atom. The van der Waals surface area contributed by atoms with Gasteiger partial charge in [-0.05, 0) is 61.0 Å². The molecule has 180 valence electrons. The molecule has 1 aliphatic rings. The van der Waals surface area contributed by atoms with E-state index < -0.39 is 16.6 Å². The molecule has 0 unspecified atom stereocenters. The lowest BCUT2D eigenvalue weighted by Crippen LogP contribution is -2.44. The number of piperazine rings is 1. The van der Waals surface area contributed by atoms with Gasteiger partial charge in [0.25, 0.3) is 5.69 Å². The predicted molar refractivity (Wildman–Crippen MR) is 131 cm³/mol. The molecule has 0 saturated carbocycles. The molecule has 8 nitrogen and oxygen atoms in total. The van der Waals surface area contributed by atoms with Gasteiger partial charge in [-0.15, -0.1) is 0 Å². The number of rotatable bonds is 6. The minimum atomic E-state index is -0.626. The fraction of sp³-hybridized carbons (Fsp3) is 0.240. The van der Waals surface area contributed by atoms with Crippen molar-refractivity contribution in [3.63, 3.8) is 0 Å². The van der Waals surface area contributed by atoms with Crippen molar-refractivity contribution >= 4 is 33.8 Å². The van der Waals surface area contributed by atoms with Crippen LogP contribution in [0.15, 0.2) is 54.6 Å². The number of halogens is 2. The number of fused-ring (bicyclic) bond motifs is 1. The van der Waals surface area contributed by atoms with Gasteiger partial charge in [-0.25, -0.2) is 8.78 Å². The highest BCUT2D eigenvalue weighted by molar-refractivity contribution is 5.93.